The third kappa shape index (κ3) is 2.11. The highest BCUT2D eigenvalue weighted by Gasteiger charge is 2.16. The molecular weight excluding hydrogens is 202 g/mol. The van der Waals surface area contributed by atoms with Gasteiger partial charge in [-0.1, -0.05) is 12.1 Å². The smallest absolute Gasteiger partial charge is 0.187 e. The number of sulfone groups is 1. The number of hydrogen-bond acceptors (Lipinski definition) is 4. The lowest BCUT2D eigenvalue weighted by Gasteiger charge is -2.07. The first-order valence-corrected chi connectivity index (χ1v) is 5.70. The largest absolute Gasteiger partial charge is 0.387 e. The van der Waals surface area contributed by atoms with Gasteiger partial charge in [-0.25, -0.2) is 8.42 Å². The SMILES string of the molecule is CNc1ccccc1S(=O)(=O)CC=O. The zero-order valence-electron chi connectivity index (χ0n) is 7.73. The van der Waals surface area contributed by atoms with E-state index in [0.717, 1.165) is 0 Å². The van der Waals surface area contributed by atoms with E-state index >= 15 is 0 Å². The lowest BCUT2D eigenvalue weighted by atomic mass is 10.3. The minimum atomic E-state index is -3.48. The van der Waals surface area contributed by atoms with Crippen molar-refractivity contribution in [2.45, 2.75) is 4.90 Å². The molecule has 0 saturated heterocycles. The van der Waals surface area contributed by atoms with E-state index in [9.17, 15) is 13.2 Å². The lowest BCUT2D eigenvalue weighted by molar-refractivity contribution is -0.105. The van der Waals surface area contributed by atoms with E-state index in [0.29, 0.717) is 12.0 Å². The zero-order valence-corrected chi connectivity index (χ0v) is 8.54. The van der Waals surface area contributed by atoms with Gasteiger partial charge in [-0.2, -0.15) is 0 Å². The Morgan fingerprint density at radius 1 is 1.36 bits per heavy atom. The summed E-state index contributed by atoms with van der Waals surface area (Å²) in [4.78, 5) is 10.4. The second-order valence-corrected chi connectivity index (χ2v) is 4.70. The van der Waals surface area contributed by atoms with Crippen LogP contribution in [0.3, 0.4) is 0 Å². The maximum absolute atomic E-state index is 11.5. The summed E-state index contributed by atoms with van der Waals surface area (Å²) in [5.41, 5.74) is 0.509. The van der Waals surface area contributed by atoms with Crippen LogP contribution in [0.15, 0.2) is 29.2 Å². The third-order valence-electron chi connectivity index (χ3n) is 1.78. The van der Waals surface area contributed by atoms with Crippen LogP contribution in [0.25, 0.3) is 0 Å². The van der Waals surface area contributed by atoms with E-state index in [4.69, 9.17) is 0 Å². The van der Waals surface area contributed by atoms with Gasteiger partial charge in [-0.05, 0) is 12.1 Å². The van der Waals surface area contributed by atoms with Crippen molar-refractivity contribution in [3.63, 3.8) is 0 Å². The molecule has 0 bridgehead atoms. The van der Waals surface area contributed by atoms with Crippen LogP contribution >= 0.6 is 0 Å². The Morgan fingerprint density at radius 2 is 2.00 bits per heavy atom. The highest BCUT2D eigenvalue weighted by atomic mass is 32.2. The summed E-state index contributed by atoms with van der Waals surface area (Å²) in [6.07, 6.45) is 0.391. The molecule has 1 rings (SSSR count). The first-order chi connectivity index (χ1) is 6.61. The second-order valence-electron chi connectivity index (χ2n) is 2.69. The third-order valence-corrected chi connectivity index (χ3v) is 3.38. The molecule has 0 aromatic heterocycles. The van der Waals surface area contributed by atoms with Gasteiger partial charge in [0.2, 0.25) is 0 Å². The molecule has 0 atom stereocenters. The van der Waals surface area contributed by atoms with Crippen molar-refractivity contribution >= 4 is 21.8 Å². The van der Waals surface area contributed by atoms with Crippen molar-refractivity contribution in [2.24, 2.45) is 0 Å². The van der Waals surface area contributed by atoms with E-state index in [1.165, 1.54) is 6.07 Å². The Kier molecular flexibility index (Phi) is 3.24. The number of anilines is 1. The van der Waals surface area contributed by atoms with Crippen molar-refractivity contribution in [3.8, 4) is 0 Å². The van der Waals surface area contributed by atoms with Gasteiger partial charge in [0.25, 0.3) is 0 Å². The maximum atomic E-state index is 11.5. The first kappa shape index (κ1) is 10.7. The van der Waals surface area contributed by atoms with E-state index in [1.54, 1.807) is 25.2 Å². The van der Waals surface area contributed by atoms with Gasteiger partial charge < -0.3 is 10.1 Å². The average Bonchev–Trinajstić information content (AvgIpc) is 2.18. The number of carbonyl (C=O) groups excluding carboxylic acids is 1. The number of rotatable bonds is 4. The topological polar surface area (TPSA) is 63.2 Å². The molecule has 0 aliphatic rings. The van der Waals surface area contributed by atoms with E-state index in [1.807, 2.05) is 0 Å². The highest BCUT2D eigenvalue weighted by Crippen LogP contribution is 2.20. The lowest BCUT2D eigenvalue weighted by Crippen LogP contribution is -2.09. The van der Waals surface area contributed by atoms with Crippen molar-refractivity contribution in [3.05, 3.63) is 24.3 Å². The molecule has 0 saturated carbocycles. The fraction of sp³-hybridized carbons (Fsp3) is 0.222. The van der Waals surface area contributed by atoms with Crippen molar-refractivity contribution in [1.82, 2.24) is 0 Å². The fourth-order valence-corrected chi connectivity index (χ4v) is 2.27. The maximum Gasteiger partial charge on any atom is 0.187 e. The van der Waals surface area contributed by atoms with Gasteiger partial charge in [0, 0.05) is 7.05 Å². The Balaban J connectivity index is 3.24. The van der Waals surface area contributed by atoms with Gasteiger partial charge in [0.05, 0.1) is 10.6 Å². The van der Waals surface area contributed by atoms with Gasteiger partial charge in [-0.3, -0.25) is 0 Å². The van der Waals surface area contributed by atoms with Crippen LogP contribution in [-0.2, 0) is 14.6 Å². The van der Waals surface area contributed by atoms with Crippen molar-refractivity contribution in [1.29, 1.82) is 0 Å². The molecule has 76 valence electrons. The molecule has 1 aromatic carbocycles. The van der Waals surface area contributed by atoms with E-state index in [2.05, 4.69) is 5.32 Å². The molecule has 1 N–H and O–H groups in total. The number of carbonyl (C=O) groups is 1. The predicted octanol–water partition coefficient (Wildman–Crippen LogP) is 0.701. The standard InChI is InChI=1S/C9H11NO3S/c1-10-8-4-2-3-5-9(8)14(12,13)7-6-11/h2-6,10H,7H2,1H3. The Morgan fingerprint density at radius 3 is 2.57 bits per heavy atom. The van der Waals surface area contributed by atoms with Crippen LogP contribution in [0, 0.1) is 0 Å². The van der Waals surface area contributed by atoms with Crippen LogP contribution in [0.2, 0.25) is 0 Å². The summed E-state index contributed by atoms with van der Waals surface area (Å²) in [5, 5.41) is 2.76. The average molecular weight is 213 g/mol. The Labute approximate surface area is 82.9 Å². The summed E-state index contributed by atoms with van der Waals surface area (Å²) >= 11 is 0. The predicted molar refractivity (Wildman–Crippen MR) is 54.1 cm³/mol. The Hall–Kier alpha value is -1.36. The fourth-order valence-electron chi connectivity index (χ4n) is 1.12. The molecule has 0 heterocycles. The van der Waals surface area contributed by atoms with Crippen molar-refractivity contribution < 1.29 is 13.2 Å². The summed E-state index contributed by atoms with van der Waals surface area (Å²) in [6.45, 7) is 0. The number of aldehydes is 1. The molecule has 0 unspecified atom stereocenters. The van der Waals surface area contributed by atoms with E-state index < -0.39 is 15.6 Å². The molecule has 0 fully saturated rings. The van der Waals surface area contributed by atoms with Gasteiger partial charge >= 0.3 is 0 Å². The molecule has 0 aliphatic carbocycles. The Bertz CT molecular complexity index is 425. The van der Waals surface area contributed by atoms with Crippen LogP contribution in [0.5, 0.6) is 0 Å². The minimum absolute atomic E-state index is 0.162. The van der Waals surface area contributed by atoms with Crippen LogP contribution in [0.1, 0.15) is 0 Å². The highest BCUT2D eigenvalue weighted by molar-refractivity contribution is 7.92. The van der Waals surface area contributed by atoms with Crippen LogP contribution < -0.4 is 5.32 Å². The minimum Gasteiger partial charge on any atom is -0.387 e. The molecule has 0 amide bonds. The van der Waals surface area contributed by atoms with Gasteiger partial charge in [0.1, 0.15) is 12.0 Å². The second kappa shape index (κ2) is 4.23. The molecule has 5 heteroatoms. The summed E-state index contributed by atoms with van der Waals surface area (Å²) < 4.78 is 23.1. The van der Waals surface area contributed by atoms with Gasteiger partial charge in [-0.15, -0.1) is 0 Å². The molecule has 1 aromatic rings. The number of nitrogens with one attached hydrogen (secondary N) is 1. The molecular formula is C9H11NO3S. The summed E-state index contributed by atoms with van der Waals surface area (Å²) in [5.74, 6) is -0.480. The normalized spacial score (nSPS) is 10.9. The van der Waals surface area contributed by atoms with E-state index in [-0.39, 0.29) is 4.90 Å². The van der Waals surface area contributed by atoms with Gasteiger partial charge in [0.15, 0.2) is 9.84 Å². The molecule has 14 heavy (non-hydrogen) atoms. The summed E-state index contributed by atoms with van der Waals surface area (Å²) in [7, 11) is -1.85. The quantitative estimate of drug-likeness (QED) is 0.748. The number of hydrogen-bond donors (Lipinski definition) is 1. The zero-order chi connectivity index (χ0) is 10.6. The molecule has 0 aliphatic heterocycles. The number of para-hydroxylation sites is 1. The van der Waals surface area contributed by atoms with Crippen molar-refractivity contribution in [2.75, 3.05) is 18.1 Å². The first-order valence-electron chi connectivity index (χ1n) is 4.05. The number of benzene rings is 1. The van der Waals surface area contributed by atoms with Crippen LogP contribution in [0.4, 0.5) is 5.69 Å². The molecule has 0 spiro atoms. The monoisotopic (exact) mass is 213 g/mol. The van der Waals surface area contributed by atoms with Crippen LogP contribution in [-0.4, -0.2) is 27.5 Å². The molecule has 0 radical (unpaired) electrons. The summed E-state index contributed by atoms with van der Waals surface area (Å²) in [6, 6.07) is 6.48. The molecule has 4 nitrogen and oxygen atoms in total.